The van der Waals surface area contributed by atoms with E-state index in [9.17, 15) is 14.7 Å². The molecule has 27 heavy (non-hydrogen) atoms. The van der Waals surface area contributed by atoms with Gasteiger partial charge < -0.3 is 24.7 Å². The lowest BCUT2D eigenvalue weighted by Crippen LogP contribution is -2.29. The van der Waals surface area contributed by atoms with Gasteiger partial charge in [-0.3, -0.25) is 4.79 Å². The number of carbonyl (C=O) groups excluding carboxylic acids is 2. The van der Waals surface area contributed by atoms with Crippen molar-refractivity contribution in [3.8, 4) is 11.5 Å². The molecule has 0 saturated carbocycles. The van der Waals surface area contributed by atoms with E-state index in [1.54, 1.807) is 44.4 Å². The lowest BCUT2D eigenvalue weighted by molar-refractivity contribution is -0.307. The second-order valence-electron chi connectivity index (χ2n) is 5.51. The van der Waals surface area contributed by atoms with Crippen molar-refractivity contribution in [2.24, 2.45) is 5.10 Å². The van der Waals surface area contributed by atoms with E-state index >= 15 is 0 Å². The second-order valence-corrected chi connectivity index (χ2v) is 5.51. The molecule has 2 rings (SSSR count). The minimum Gasteiger partial charge on any atom is -0.546 e. The molecule has 0 atom stereocenters. The molecule has 0 saturated heterocycles. The van der Waals surface area contributed by atoms with Gasteiger partial charge in [-0.05, 0) is 31.2 Å². The van der Waals surface area contributed by atoms with Crippen LogP contribution < -0.4 is 25.3 Å². The molecule has 0 aliphatic rings. The Kier molecular flexibility index (Phi) is 7.18. The number of nitrogens with one attached hydrogen (secondary N) is 2. The zero-order chi connectivity index (χ0) is 19.6. The average molecular weight is 370 g/mol. The van der Waals surface area contributed by atoms with Gasteiger partial charge in [-0.15, -0.1) is 0 Å². The average Bonchev–Trinajstić information content (AvgIpc) is 2.69. The van der Waals surface area contributed by atoms with E-state index < -0.39 is 12.6 Å². The third-order valence-electron chi connectivity index (χ3n) is 3.48. The standard InChI is InChI=1S/C19H21N3O5/c1-13(14-5-3-8-17(9-14)27-12-19(24)25)21-22-18(23)11-20-15-6-4-7-16(10-15)26-2/h3-10,20H,11-12H2,1-2H3,(H,22,23)(H,24,25)/p-1/b21-13-. The van der Waals surface area contributed by atoms with Crippen LogP contribution in [0.3, 0.4) is 0 Å². The molecule has 0 unspecified atom stereocenters. The van der Waals surface area contributed by atoms with Crippen LogP contribution in [0.25, 0.3) is 0 Å². The fourth-order valence-electron chi connectivity index (χ4n) is 2.12. The van der Waals surface area contributed by atoms with Gasteiger partial charge in [0.1, 0.15) is 18.1 Å². The smallest absolute Gasteiger partial charge is 0.259 e. The molecule has 8 heteroatoms. The fraction of sp³-hybridized carbons (Fsp3) is 0.211. The summed E-state index contributed by atoms with van der Waals surface area (Å²) in [6.45, 7) is 1.22. The third-order valence-corrected chi connectivity index (χ3v) is 3.48. The highest BCUT2D eigenvalue weighted by atomic mass is 16.5. The number of anilines is 1. The minimum atomic E-state index is -1.30. The van der Waals surface area contributed by atoms with Crippen molar-refractivity contribution in [3.05, 3.63) is 54.1 Å². The summed E-state index contributed by atoms with van der Waals surface area (Å²) in [6, 6.07) is 13.9. The molecular weight excluding hydrogens is 350 g/mol. The molecule has 2 aromatic carbocycles. The van der Waals surface area contributed by atoms with Gasteiger partial charge in [0.2, 0.25) is 0 Å². The highest BCUT2D eigenvalue weighted by Gasteiger charge is 2.04. The lowest BCUT2D eigenvalue weighted by atomic mass is 10.1. The number of hydrogen-bond donors (Lipinski definition) is 2. The maximum absolute atomic E-state index is 11.9. The van der Waals surface area contributed by atoms with Gasteiger partial charge in [-0.1, -0.05) is 18.2 Å². The fourth-order valence-corrected chi connectivity index (χ4v) is 2.12. The summed E-state index contributed by atoms with van der Waals surface area (Å²) in [6.07, 6.45) is 0. The van der Waals surface area contributed by atoms with Crippen molar-refractivity contribution in [1.82, 2.24) is 5.43 Å². The number of carboxylic acid groups (broad SMARTS) is 1. The van der Waals surface area contributed by atoms with Crippen LogP contribution in [0.2, 0.25) is 0 Å². The highest BCUT2D eigenvalue weighted by Crippen LogP contribution is 2.16. The van der Waals surface area contributed by atoms with Gasteiger partial charge in [-0.25, -0.2) is 5.43 Å². The van der Waals surface area contributed by atoms with E-state index in [0.717, 1.165) is 5.69 Å². The summed E-state index contributed by atoms with van der Waals surface area (Å²) in [7, 11) is 1.57. The van der Waals surface area contributed by atoms with Gasteiger partial charge in [-0.2, -0.15) is 5.10 Å². The lowest BCUT2D eigenvalue weighted by Gasteiger charge is -2.09. The van der Waals surface area contributed by atoms with E-state index in [1.165, 1.54) is 0 Å². The summed E-state index contributed by atoms with van der Waals surface area (Å²) in [5, 5.41) is 17.5. The normalized spacial score (nSPS) is 10.8. The van der Waals surface area contributed by atoms with Crippen molar-refractivity contribution in [2.75, 3.05) is 25.6 Å². The number of carbonyl (C=O) groups is 2. The number of nitrogens with zero attached hydrogens (tertiary/aromatic N) is 1. The molecule has 0 bridgehead atoms. The molecule has 0 aliphatic carbocycles. The number of amides is 1. The molecular formula is C19H20N3O5-. The summed E-state index contributed by atoms with van der Waals surface area (Å²) in [5.41, 5.74) is 4.44. The Morgan fingerprint density at radius 1 is 1.11 bits per heavy atom. The van der Waals surface area contributed by atoms with Gasteiger partial charge in [0, 0.05) is 17.3 Å². The van der Waals surface area contributed by atoms with Crippen molar-refractivity contribution in [3.63, 3.8) is 0 Å². The second kappa shape index (κ2) is 9.81. The van der Waals surface area contributed by atoms with E-state index in [2.05, 4.69) is 15.8 Å². The Labute approximate surface area is 156 Å². The number of rotatable bonds is 9. The number of aliphatic carboxylic acids is 1. The van der Waals surface area contributed by atoms with Gasteiger partial charge in [0.15, 0.2) is 0 Å². The Morgan fingerprint density at radius 3 is 2.59 bits per heavy atom. The van der Waals surface area contributed by atoms with Gasteiger partial charge in [0.05, 0.1) is 25.3 Å². The van der Waals surface area contributed by atoms with E-state index in [1.807, 2.05) is 18.2 Å². The first-order valence-corrected chi connectivity index (χ1v) is 8.12. The molecule has 8 nitrogen and oxygen atoms in total. The quantitative estimate of drug-likeness (QED) is 0.498. The van der Waals surface area contributed by atoms with Crippen LogP contribution in [0.15, 0.2) is 53.6 Å². The van der Waals surface area contributed by atoms with Crippen LogP contribution in [0.4, 0.5) is 5.69 Å². The van der Waals surface area contributed by atoms with E-state index in [4.69, 9.17) is 9.47 Å². The Balaban J connectivity index is 1.89. The third kappa shape index (κ3) is 6.69. The maximum Gasteiger partial charge on any atom is 0.259 e. The Morgan fingerprint density at radius 2 is 1.85 bits per heavy atom. The van der Waals surface area contributed by atoms with Crippen molar-refractivity contribution in [1.29, 1.82) is 0 Å². The molecule has 0 radical (unpaired) electrons. The molecule has 0 spiro atoms. The van der Waals surface area contributed by atoms with Crippen LogP contribution in [-0.4, -0.2) is 37.8 Å². The largest absolute Gasteiger partial charge is 0.546 e. The van der Waals surface area contributed by atoms with E-state index in [0.29, 0.717) is 22.8 Å². The van der Waals surface area contributed by atoms with Crippen molar-refractivity contribution in [2.45, 2.75) is 6.92 Å². The summed E-state index contributed by atoms with van der Waals surface area (Å²) in [4.78, 5) is 22.4. The number of hydrazone groups is 1. The Bertz CT molecular complexity index is 836. The molecule has 0 fully saturated rings. The Hall–Kier alpha value is -3.55. The van der Waals surface area contributed by atoms with Crippen LogP contribution in [-0.2, 0) is 9.59 Å². The monoisotopic (exact) mass is 370 g/mol. The highest BCUT2D eigenvalue weighted by molar-refractivity contribution is 5.99. The predicted octanol–water partition coefficient (Wildman–Crippen LogP) is 0.776. The molecule has 142 valence electrons. The minimum absolute atomic E-state index is 0.0404. The zero-order valence-corrected chi connectivity index (χ0v) is 15.0. The summed E-state index contributed by atoms with van der Waals surface area (Å²) >= 11 is 0. The van der Waals surface area contributed by atoms with Crippen molar-refractivity contribution >= 4 is 23.3 Å². The van der Waals surface area contributed by atoms with Crippen LogP contribution >= 0.6 is 0 Å². The van der Waals surface area contributed by atoms with Gasteiger partial charge >= 0.3 is 0 Å². The maximum atomic E-state index is 11.9. The van der Waals surface area contributed by atoms with Crippen LogP contribution in [0.1, 0.15) is 12.5 Å². The SMILES string of the molecule is COc1cccc(NCC(=O)N/N=C(/C)c2cccc(OCC(=O)[O-])c2)c1. The van der Waals surface area contributed by atoms with E-state index in [-0.39, 0.29) is 12.5 Å². The number of hydrogen-bond acceptors (Lipinski definition) is 7. The van der Waals surface area contributed by atoms with Crippen LogP contribution in [0.5, 0.6) is 11.5 Å². The summed E-state index contributed by atoms with van der Waals surface area (Å²) in [5.74, 6) is -0.560. The first-order chi connectivity index (χ1) is 13.0. The first kappa shape index (κ1) is 19.8. The number of methoxy groups -OCH3 is 1. The first-order valence-electron chi connectivity index (χ1n) is 8.12. The number of benzene rings is 2. The molecule has 2 N–H and O–H groups in total. The summed E-state index contributed by atoms with van der Waals surface area (Å²) < 4.78 is 10.2. The zero-order valence-electron chi connectivity index (χ0n) is 15.0. The predicted molar refractivity (Wildman–Crippen MR) is 98.8 cm³/mol. The molecule has 1 amide bonds. The molecule has 0 heterocycles. The molecule has 0 aliphatic heterocycles. The van der Waals surface area contributed by atoms with Gasteiger partial charge in [0.25, 0.3) is 5.91 Å². The molecule has 2 aromatic rings. The number of carboxylic acids is 1. The van der Waals surface area contributed by atoms with Crippen molar-refractivity contribution < 1.29 is 24.2 Å². The number of ether oxygens (including phenoxy) is 2. The topological polar surface area (TPSA) is 112 Å². The molecule has 0 aromatic heterocycles. The van der Waals surface area contributed by atoms with Crippen LogP contribution in [0, 0.1) is 0 Å².